The number of aliphatic carboxylic acids is 1. The fraction of sp³-hybridized carbons (Fsp3) is 0.467. The zero-order valence-electron chi connectivity index (χ0n) is 11.9. The molecule has 1 aliphatic rings. The molecule has 0 aliphatic carbocycles. The van der Waals surface area contributed by atoms with Gasteiger partial charge in [-0.05, 0) is 24.3 Å². The van der Waals surface area contributed by atoms with Crippen molar-refractivity contribution >= 4 is 11.9 Å². The topological polar surface area (TPSA) is 77.8 Å². The van der Waals surface area contributed by atoms with Crippen LogP contribution < -0.4 is 0 Å². The minimum absolute atomic E-state index is 0.0594. The minimum atomic E-state index is -1.13. The van der Waals surface area contributed by atoms with Crippen molar-refractivity contribution in [3.63, 3.8) is 0 Å². The van der Waals surface area contributed by atoms with Crippen molar-refractivity contribution in [1.82, 2.24) is 4.90 Å². The molecule has 1 heterocycles. The smallest absolute Gasteiger partial charge is 0.310 e. The fourth-order valence-corrected chi connectivity index (χ4v) is 2.67. The van der Waals surface area contributed by atoms with Crippen LogP contribution in [0.25, 0.3) is 0 Å². The Bertz CT molecular complexity index is 555. The quantitative estimate of drug-likeness (QED) is 0.864. The Labute approximate surface area is 122 Å². The van der Waals surface area contributed by atoms with E-state index in [9.17, 15) is 24.2 Å². The number of aliphatic hydroxyl groups is 1. The van der Waals surface area contributed by atoms with Crippen molar-refractivity contribution in [2.24, 2.45) is 11.3 Å². The molecule has 114 valence electrons. The third-order valence-corrected chi connectivity index (χ3v) is 3.89. The average molecular weight is 295 g/mol. The highest BCUT2D eigenvalue weighted by Gasteiger charge is 2.45. The summed E-state index contributed by atoms with van der Waals surface area (Å²) >= 11 is 0. The van der Waals surface area contributed by atoms with Crippen LogP contribution in [0.4, 0.5) is 4.39 Å². The molecule has 5 nitrogen and oxygen atoms in total. The molecule has 1 fully saturated rings. The molecule has 2 rings (SSSR count). The second-order valence-corrected chi connectivity index (χ2v) is 6.07. The number of hydrogen-bond donors (Lipinski definition) is 2. The van der Waals surface area contributed by atoms with E-state index in [1.165, 1.54) is 29.2 Å². The molecule has 0 radical (unpaired) electrons. The average Bonchev–Trinajstić information content (AvgIpc) is 2.41. The number of hydrogen-bond acceptors (Lipinski definition) is 3. The first-order valence-electron chi connectivity index (χ1n) is 6.68. The van der Waals surface area contributed by atoms with Gasteiger partial charge in [0.05, 0.1) is 6.10 Å². The van der Waals surface area contributed by atoms with E-state index < -0.39 is 29.2 Å². The van der Waals surface area contributed by atoms with E-state index >= 15 is 0 Å². The van der Waals surface area contributed by atoms with Gasteiger partial charge in [-0.15, -0.1) is 0 Å². The van der Waals surface area contributed by atoms with Gasteiger partial charge in [0.25, 0.3) is 5.91 Å². The number of nitrogens with zero attached hydrogens (tertiary/aromatic N) is 1. The van der Waals surface area contributed by atoms with Gasteiger partial charge in [0.2, 0.25) is 0 Å². The third kappa shape index (κ3) is 3.05. The normalized spacial score (nSPS) is 24.7. The first-order valence-corrected chi connectivity index (χ1v) is 6.68. The van der Waals surface area contributed by atoms with E-state index in [1.807, 2.05) is 0 Å². The lowest BCUT2D eigenvalue weighted by Crippen LogP contribution is -2.57. The van der Waals surface area contributed by atoms with E-state index in [-0.39, 0.29) is 19.0 Å². The van der Waals surface area contributed by atoms with Gasteiger partial charge < -0.3 is 15.1 Å². The van der Waals surface area contributed by atoms with Crippen LogP contribution in [0.2, 0.25) is 0 Å². The van der Waals surface area contributed by atoms with Crippen LogP contribution in [0.5, 0.6) is 0 Å². The predicted octanol–water partition coefficient (Wildman–Crippen LogP) is 1.37. The number of carbonyl (C=O) groups is 2. The molecule has 2 atom stereocenters. The maximum atomic E-state index is 12.9. The summed E-state index contributed by atoms with van der Waals surface area (Å²) in [6.45, 7) is 3.62. The Morgan fingerprint density at radius 3 is 2.38 bits per heavy atom. The van der Waals surface area contributed by atoms with Gasteiger partial charge in [0, 0.05) is 24.1 Å². The van der Waals surface area contributed by atoms with E-state index in [0.29, 0.717) is 5.56 Å². The number of halogens is 1. The van der Waals surface area contributed by atoms with E-state index in [1.54, 1.807) is 13.8 Å². The fourth-order valence-electron chi connectivity index (χ4n) is 2.67. The summed E-state index contributed by atoms with van der Waals surface area (Å²) in [7, 11) is 0. The number of likely N-dealkylation sites (tertiary alicyclic amines) is 1. The van der Waals surface area contributed by atoms with Crippen LogP contribution in [0.1, 0.15) is 24.2 Å². The third-order valence-electron chi connectivity index (χ3n) is 3.89. The molecule has 1 aromatic rings. The highest BCUT2D eigenvalue weighted by atomic mass is 19.1. The van der Waals surface area contributed by atoms with Crippen molar-refractivity contribution < 1.29 is 24.2 Å². The Hall–Kier alpha value is -1.95. The lowest BCUT2D eigenvalue weighted by molar-refractivity contribution is -0.154. The molecular formula is C15H18FNO4. The largest absolute Gasteiger partial charge is 0.481 e. The monoisotopic (exact) mass is 295 g/mol. The number of amides is 1. The summed E-state index contributed by atoms with van der Waals surface area (Å²) in [6.07, 6.45) is -1.02. The van der Waals surface area contributed by atoms with Gasteiger partial charge in [-0.2, -0.15) is 0 Å². The summed E-state index contributed by atoms with van der Waals surface area (Å²) in [5, 5.41) is 19.3. The van der Waals surface area contributed by atoms with Crippen molar-refractivity contribution in [3.05, 3.63) is 35.6 Å². The summed E-state index contributed by atoms with van der Waals surface area (Å²) < 4.78 is 12.9. The van der Waals surface area contributed by atoms with E-state index in [4.69, 9.17) is 0 Å². The Kier molecular flexibility index (Phi) is 4.00. The molecule has 1 saturated heterocycles. The first-order chi connectivity index (χ1) is 9.72. The van der Waals surface area contributed by atoms with Crippen molar-refractivity contribution in [1.29, 1.82) is 0 Å². The molecule has 2 unspecified atom stereocenters. The van der Waals surface area contributed by atoms with E-state index in [2.05, 4.69) is 0 Å². The van der Waals surface area contributed by atoms with Crippen LogP contribution in [0.15, 0.2) is 24.3 Å². The highest BCUT2D eigenvalue weighted by Crippen LogP contribution is 2.33. The van der Waals surface area contributed by atoms with Gasteiger partial charge in [-0.1, -0.05) is 13.8 Å². The Balaban J connectivity index is 2.25. The van der Waals surface area contributed by atoms with Crippen molar-refractivity contribution in [3.8, 4) is 0 Å². The highest BCUT2D eigenvalue weighted by molar-refractivity contribution is 5.94. The number of carboxylic acid groups (broad SMARTS) is 1. The standard InChI is InChI=1S/C15H18FNO4/c1-15(2)8-17(7-11(12(15)18)14(20)21)13(19)9-3-5-10(16)6-4-9/h3-6,11-12,18H,7-8H2,1-2H3,(H,20,21). The maximum Gasteiger partial charge on any atom is 0.310 e. The number of aliphatic hydroxyl groups excluding tert-OH is 1. The van der Waals surface area contributed by atoms with Gasteiger partial charge in [0.1, 0.15) is 11.7 Å². The van der Waals surface area contributed by atoms with Crippen molar-refractivity contribution in [2.45, 2.75) is 20.0 Å². The minimum Gasteiger partial charge on any atom is -0.481 e. The van der Waals surface area contributed by atoms with Gasteiger partial charge >= 0.3 is 5.97 Å². The molecule has 1 aromatic carbocycles. The zero-order chi connectivity index (χ0) is 15.8. The Morgan fingerprint density at radius 2 is 1.86 bits per heavy atom. The molecule has 0 aromatic heterocycles. The zero-order valence-corrected chi connectivity index (χ0v) is 11.9. The Morgan fingerprint density at radius 1 is 1.29 bits per heavy atom. The number of carbonyl (C=O) groups excluding carboxylic acids is 1. The molecule has 1 aliphatic heterocycles. The molecule has 21 heavy (non-hydrogen) atoms. The lowest BCUT2D eigenvalue weighted by Gasteiger charge is -2.44. The molecule has 0 bridgehead atoms. The van der Waals surface area contributed by atoms with Crippen LogP contribution in [0, 0.1) is 17.2 Å². The summed E-state index contributed by atoms with van der Waals surface area (Å²) in [5.41, 5.74) is -0.426. The number of benzene rings is 1. The summed E-state index contributed by atoms with van der Waals surface area (Å²) in [6, 6.07) is 5.11. The van der Waals surface area contributed by atoms with Gasteiger partial charge in [0.15, 0.2) is 0 Å². The molecular weight excluding hydrogens is 277 g/mol. The molecule has 2 N–H and O–H groups in total. The van der Waals surface area contributed by atoms with Crippen LogP contribution in [-0.2, 0) is 4.79 Å². The molecule has 0 spiro atoms. The molecule has 6 heteroatoms. The second-order valence-electron chi connectivity index (χ2n) is 6.07. The SMILES string of the molecule is CC1(C)CN(C(=O)c2ccc(F)cc2)CC(C(=O)O)C1O. The van der Waals surface area contributed by atoms with Crippen molar-refractivity contribution in [2.75, 3.05) is 13.1 Å². The number of piperidine rings is 1. The van der Waals surface area contributed by atoms with Crippen LogP contribution in [0.3, 0.4) is 0 Å². The van der Waals surface area contributed by atoms with Crippen LogP contribution in [-0.4, -0.2) is 46.2 Å². The predicted molar refractivity (Wildman–Crippen MR) is 73.2 cm³/mol. The second kappa shape index (κ2) is 5.44. The molecule has 1 amide bonds. The summed E-state index contributed by atoms with van der Waals surface area (Å²) in [5.74, 6) is -2.96. The molecule has 0 saturated carbocycles. The van der Waals surface area contributed by atoms with Crippen LogP contribution >= 0.6 is 0 Å². The number of rotatable bonds is 2. The number of carboxylic acids is 1. The van der Waals surface area contributed by atoms with Gasteiger partial charge in [-0.25, -0.2) is 4.39 Å². The summed E-state index contributed by atoms with van der Waals surface area (Å²) in [4.78, 5) is 25.1. The maximum absolute atomic E-state index is 12.9. The van der Waals surface area contributed by atoms with Gasteiger partial charge in [-0.3, -0.25) is 9.59 Å². The van der Waals surface area contributed by atoms with E-state index in [0.717, 1.165) is 0 Å². The lowest BCUT2D eigenvalue weighted by atomic mass is 9.75. The first kappa shape index (κ1) is 15.4.